The Morgan fingerprint density at radius 2 is 1.84 bits per heavy atom. The first-order chi connectivity index (χ1) is 15.0. The highest BCUT2D eigenvalue weighted by Crippen LogP contribution is 2.27. The van der Waals surface area contributed by atoms with Crippen molar-refractivity contribution >= 4 is 34.5 Å². The van der Waals surface area contributed by atoms with Crippen LogP contribution in [-0.2, 0) is 9.59 Å². The zero-order valence-electron chi connectivity index (χ0n) is 17.3. The topological polar surface area (TPSA) is 115 Å². The predicted molar refractivity (Wildman–Crippen MR) is 120 cm³/mol. The summed E-state index contributed by atoms with van der Waals surface area (Å²) in [6.07, 6.45) is 1.47. The van der Waals surface area contributed by atoms with E-state index in [4.69, 9.17) is 15.2 Å². The smallest absolute Gasteiger partial charge is 0.262 e. The van der Waals surface area contributed by atoms with Gasteiger partial charge in [0.25, 0.3) is 11.8 Å². The molecule has 8 heteroatoms. The largest absolute Gasteiger partial charge is 0.493 e. The van der Waals surface area contributed by atoms with E-state index in [1.54, 1.807) is 25.1 Å². The van der Waals surface area contributed by atoms with Gasteiger partial charge < -0.3 is 20.5 Å². The van der Waals surface area contributed by atoms with Crippen LogP contribution < -0.4 is 25.9 Å². The minimum Gasteiger partial charge on any atom is -0.493 e. The summed E-state index contributed by atoms with van der Waals surface area (Å²) >= 11 is 0. The molecule has 0 saturated heterocycles. The standard InChI is InChI=1S/C23H24N4O4/c1-15(26-19-9-8-17-5-3-4-6-18(17)12-19)23(29)27-25-13-16-7-10-20(30-2)21(11-16)31-14-22(24)28/h3-13,15,26H,14H2,1-2H3,(H2,24,28)(H,27,29)/t15-/m0/s1. The molecule has 0 saturated carbocycles. The van der Waals surface area contributed by atoms with Crippen LogP contribution in [0.3, 0.4) is 0 Å². The molecule has 0 spiro atoms. The molecule has 3 aromatic carbocycles. The summed E-state index contributed by atoms with van der Waals surface area (Å²) in [6, 6.07) is 18.5. The number of benzene rings is 3. The zero-order valence-corrected chi connectivity index (χ0v) is 17.3. The fraction of sp³-hybridized carbons (Fsp3) is 0.174. The Balaban J connectivity index is 1.59. The fourth-order valence-corrected chi connectivity index (χ4v) is 2.90. The Kier molecular flexibility index (Phi) is 7.05. The Labute approximate surface area is 180 Å². The summed E-state index contributed by atoms with van der Waals surface area (Å²) in [5, 5.41) is 9.38. The Morgan fingerprint density at radius 3 is 2.58 bits per heavy atom. The van der Waals surface area contributed by atoms with Gasteiger partial charge in [0.15, 0.2) is 18.1 Å². The van der Waals surface area contributed by atoms with Gasteiger partial charge in [0, 0.05) is 5.69 Å². The fourth-order valence-electron chi connectivity index (χ4n) is 2.90. The number of hydrogen-bond acceptors (Lipinski definition) is 6. The summed E-state index contributed by atoms with van der Waals surface area (Å²) in [5.74, 6) is -0.0806. The Bertz CT molecular complexity index is 1110. The number of hydrogen-bond donors (Lipinski definition) is 3. The molecule has 1 atom stereocenters. The highest BCUT2D eigenvalue weighted by atomic mass is 16.5. The molecule has 0 bridgehead atoms. The van der Waals surface area contributed by atoms with Gasteiger partial charge in [-0.15, -0.1) is 0 Å². The van der Waals surface area contributed by atoms with Gasteiger partial charge in [-0.05, 0) is 53.6 Å². The minimum atomic E-state index is -0.596. The molecule has 0 fully saturated rings. The summed E-state index contributed by atoms with van der Waals surface area (Å²) in [7, 11) is 1.49. The van der Waals surface area contributed by atoms with Crippen molar-refractivity contribution in [3.05, 3.63) is 66.2 Å². The van der Waals surface area contributed by atoms with Gasteiger partial charge in [0.1, 0.15) is 6.04 Å². The van der Waals surface area contributed by atoms with Crippen LogP contribution in [0.15, 0.2) is 65.8 Å². The summed E-state index contributed by atoms with van der Waals surface area (Å²) < 4.78 is 10.5. The van der Waals surface area contributed by atoms with Gasteiger partial charge in [0.2, 0.25) is 0 Å². The first-order valence-electron chi connectivity index (χ1n) is 9.63. The number of nitrogens with two attached hydrogens (primary N) is 1. The van der Waals surface area contributed by atoms with Crippen LogP contribution >= 0.6 is 0 Å². The lowest BCUT2D eigenvalue weighted by atomic mass is 10.1. The Morgan fingerprint density at radius 1 is 1.06 bits per heavy atom. The van der Waals surface area contributed by atoms with Crippen molar-refractivity contribution in [2.24, 2.45) is 10.8 Å². The van der Waals surface area contributed by atoms with Crippen molar-refractivity contribution in [2.45, 2.75) is 13.0 Å². The van der Waals surface area contributed by atoms with Crippen molar-refractivity contribution in [1.82, 2.24) is 5.43 Å². The van der Waals surface area contributed by atoms with Crippen LogP contribution in [0.25, 0.3) is 10.8 Å². The maximum Gasteiger partial charge on any atom is 0.262 e. The highest BCUT2D eigenvalue weighted by Gasteiger charge is 2.12. The third-order valence-corrected chi connectivity index (χ3v) is 4.47. The number of primary amides is 1. The average Bonchev–Trinajstić information content (AvgIpc) is 2.77. The van der Waals surface area contributed by atoms with Crippen molar-refractivity contribution < 1.29 is 19.1 Å². The number of fused-ring (bicyclic) bond motifs is 1. The van der Waals surface area contributed by atoms with E-state index < -0.39 is 11.9 Å². The molecule has 160 valence electrons. The van der Waals surface area contributed by atoms with Crippen molar-refractivity contribution in [1.29, 1.82) is 0 Å². The number of carbonyl (C=O) groups is 2. The molecule has 4 N–H and O–H groups in total. The van der Waals surface area contributed by atoms with Crippen LogP contribution in [0.1, 0.15) is 12.5 Å². The van der Waals surface area contributed by atoms with Crippen molar-refractivity contribution in [2.75, 3.05) is 19.0 Å². The molecule has 0 unspecified atom stereocenters. The van der Waals surface area contributed by atoms with E-state index in [9.17, 15) is 9.59 Å². The number of hydrazone groups is 1. The molecule has 0 aliphatic rings. The third kappa shape index (κ3) is 5.96. The molecule has 0 aliphatic heterocycles. The molecule has 8 nitrogen and oxygen atoms in total. The molecule has 0 aliphatic carbocycles. The maximum absolute atomic E-state index is 12.4. The van der Waals surface area contributed by atoms with Gasteiger partial charge >= 0.3 is 0 Å². The van der Waals surface area contributed by atoms with Crippen LogP contribution in [0, 0.1) is 0 Å². The van der Waals surface area contributed by atoms with E-state index in [-0.39, 0.29) is 12.5 Å². The summed E-state index contributed by atoms with van der Waals surface area (Å²) in [4.78, 5) is 23.3. The van der Waals surface area contributed by atoms with E-state index in [0.717, 1.165) is 16.5 Å². The monoisotopic (exact) mass is 420 g/mol. The zero-order chi connectivity index (χ0) is 22.2. The van der Waals surface area contributed by atoms with Gasteiger partial charge in [0.05, 0.1) is 13.3 Å². The number of nitrogens with zero attached hydrogens (tertiary/aromatic N) is 1. The first kappa shape index (κ1) is 21.6. The number of ether oxygens (including phenoxy) is 2. The SMILES string of the molecule is COc1ccc(C=NNC(=O)[C@H](C)Nc2ccc3ccccc3c2)cc1OCC(N)=O. The lowest BCUT2D eigenvalue weighted by molar-refractivity contribution is -0.121. The normalized spacial score (nSPS) is 11.8. The number of rotatable bonds is 9. The molecule has 31 heavy (non-hydrogen) atoms. The number of amides is 2. The summed E-state index contributed by atoms with van der Waals surface area (Å²) in [5.41, 5.74) is 9.11. The average molecular weight is 420 g/mol. The molecule has 0 aromatic heterocycles. The molecule has 3 rings (SSSR count). The maximum atomic E-state index is 12.4. The van der Waals surface area contributed by atoms with Crippen LogP contribution in [0.2, 0.25) is 0 Å². The molecular formula is C23H24N4O4. The number of nitrogens with one attached hydrogen (secondary N) is 2. The van der Waals surface area contributed by atoms with E-state index in [1.807, 2.05) is 42.5 Å². The third-order valence-electron chi connectivity index (χ3n) is 4.47. The Hall–Kier alpha value is -4.07. The van der Waals surface area contributed by atoms with E-state index in [1.165, 1.54) is 13.3 Å². The van der Waals surface area contributed by atoms with Crippen LogP contribution in [0.5, 0.6) is 11.5 Å². The molecule has 0 radical (unpaired) electrons. The molecule has 3 aromatic rings. The van der Waals surface area contributed by atoms with Crippen molar-refractivity contribution in [3.63, 3.8) is 0 Å². The van der Waals surface area contributed by atoms with Crippen LogP contribution in [0.4, 0.5) is 5.69 Å². The van der Waals surface area contributed by atoms with E-state index in [2.05, 4.69) is 15.8 Å². The minimum absolute atomic E-state index is 0.272. The first-order valence-corrected chi connectivity index (χ1v) is 9.63. The number of methoxy groups -OCH3 is 1. The highest BCUT2D eigenvalue weighted by molar-refractivity contribution is 5.89. The van der Waals surface area contributed by atoms with E-state index >= 15 is 0 Å². The van der Waals surface area contributed by atoms with Gasteiger partial charge in [-0.2, -0.15) is 5.10 Å². The second kappa shape index (κ2) is 10.1. The second-order valence-electron chi connectivity index (χ2n) is 6.83. The quantitative estimate of drug-likeness (QED) is 0.364. The van der Waals surface area contributed by atoms with Crippen molar-refractivity contribution in [3.8, 4) is 11.5 Å². The second-order valence-corrected chi connectivity index (χ2v) is 6.83. The van der Waals surface area contributed by atoms with Gasteiger partial charge in [-0.1, -0.05) is 30.3 Å². The summed E-state index contributed by atoms with van der Waals surface area (Å²) in [6.45, 7) is 1.48. The molecule has 0 heterocycles. The van der Waals surface area contributed by atoms with Crippen LogP contribution in [-0.4, -0.2) is 37.8 Å². The van der Waals surface area contributed by atoms with Gasteiger partial charge in [-0.25, -0.2) is 5.43 Å². The molecular weight excluding hydrogens is 396 g/mol. The van der Waals surface area contributed by atoms with Gasteiger partial charge in [-0.3, -0.25) is 9.59 Å². The lowest BCUT2D eigenvalue weighted by Crippen LogP contribution is -2.34. The van der Waals surface area contributed by atoms with E-state index in [0.29, 0.717) is 17.1 Å². The number of anilines is 1. The molecule has 2 amide bonds. The lowest BCUT2D eigenvalue weighted by Gasteiger charge is -2.14. The number of carbonyl (C=O) groups excluding carboxylic acids is 2. The predicted octanol–water partition coefficient (Wildman–Crippen LogP) is 2.66.